The van der Waals surface area contributed by atoms with E-state index < -0.39 is 0 Å². The van der Waals surface area contributed by atoms with E-state index in [9.17, 15) is 4.79 Å². The maximum Gasteiger partial charge on any atom is 0.250 e. The maximum atomic E-state index is 12.4. The molecule has 4 rings (SSSR count). The quantitative estimate of drug-likeness (QED) is 0.224. The van der Waals surface area contributed by atoms with E-state index in [2.05, 4.69) is 59.3 Å². The smallest absolute Gasteiger partial charge is 0.250 e. The number of rotatable bonds is 8. The fraction of sp³-hybridized carbons (Fsp3) is 0.192. The molecule has 0 spiro atoms. The molecule has 32 heavy (non-hydrogen) atoms. The number of hydrogen-bond acceptors (Lipinski definition) is 4. The molecule has 5 nitrogen and oxygen atoms in total. The van der Waals surface area contributed by atoms with Gasteiger partial charge in [-0.2, -0.15) is 5.10 Å². The average Bonchev–Trinajstić information content (AvgIpc) is 3.16. The van der Waals surface area contributed by atoms with Gasteiger partial charge in [0.25, 0.3) is 5.91 Å². The highest BCUT2D eigenvalue weighted by Gasteiger charge is 2.13. The van der Waals surface area contributed by atoms with Crippen LogP contribution >= 0.6 is 11.8 Å². The minimum Gasteiger partial charge on any atom is -0.314 e. The molecule has 0 bridgehead atoms. The molecule has 0 aliphatic carbocycles. The molecule has 3 aromatic carbocycles. The Morgan fingerprint density at radius 2 is 1.75 bits per heavy atom. The van der Waals surface area contributed by atoms with E-state index in [0.717, 1.165) is 21.8 Å². The van der Waals surface area contributed by atoms with E-state index >= 15 is 0 Å². The first-order valence-electron chi connectivity index (χ1n) is 10.6. The molecule has 162 valence electrons. The van der Waals surface area contributed by atoms with E-state index in [1.54, 1.807) is 6.21 Å². The first-order valence-corrected chi connectivity index (χ1v) is 11.6. The summed E-state index contributed by atoms with van der Waals surface area (Å²) in [6.07, 6.45) is 1.66. The third kappa shape index (κ3) is 5.45. The summed E-state index contributed by atoms with van der Waals surface area (Å²) in [4.78, 5) is 17.1. The molecular weight excluding hydrogens is 416 g/mol. The van der Waals surface area contributed by atoms with Crippen LogP contribution in [0.5, 0.6) is 0 Å². The molecular formula is C26H26N4OS. The maximum absolute atomic E-state index is 12.4. The van der Waals surface area contributed by atoms with Crippen molar-refractivity contribution in [1.82, 2.24) is 15.0 Å². The topological polar surface area (TPSA) is 59.3 Å². The number of nitrogens with zero attached hydrogens (tertiary/aromatic N) is 3. The number of hydrazone groups is 1. The lowest BCUT2D eigenvalue weighted by Gasteiger charge is -2.09. The van der Waals surface area contributed by atoms with E-state index in [1.165, 1.54) is 22.9 Å². The van der Waals surface area contributed by atoms with Gasteiger partial charge in [-0.05, 0) is 34.7 Å². The van der Waals surface area contributed by atoms with Gasteiger partial charge in [-0.3, -0.25) is 4.79 Å². The van der Waals surface area contributed by atoms with E-state index in [0.29, 0.717) is 12.5 Å². The van der Waals surface area contributed by atoms with Crippen LogP contribution in [0.25, 0.3) is 11.0 Å². The number of imidazole rings is 1. The summed E-state index contributed by atoms with van der Waals surface area (Å²) in [6.45, 7) is 5.03. The summed E-state index contributed by atoms with van der Waals surface area (Å²) >= 11 is 1.42. The molecule has 0 radical (unpaired) electrons. The minimum absolute atomic E-state index is 0.164. The van der Waals surface area contributed by atoms with Crippen LogP contribution in [0.4, 0.5) is 0 Å². The Morgan fingerprint density at radius 1 is 1.03 bits per heavy atom. The van der Waals surface area contributed by atoms with E-state index in [4.69, 9.17) is 4.98 Å². The number of aromatic nitrogens is 2. The molecule has 0 aliphatic heterocycles. The number of amides is 1. The lowest BCUT2D eigenvalue weighted by molar-refractivity contribution is -0.118. The number of thioether (sulfide) groups is 1. The van der Waals surface area contributed by atoms with Gasteiger partial charge in [-0.25, -0.2) is 10.4 Å². The van der Waals surface area contributed by atoms with Crippen LogP contribution in [-0.4, -0.2) is 27.4 Å². The second-order valence-electron chi connectivity index (χ2n) is 7.86. The summed E-state index contributed by atoms with van der Waals surface area (Å²) in [5.41, 5.74) is 8.02. The highest BCUT2D eigenvalue weighted by molar-refractivity contribution is 7.99. The number of carbonyl (C=O) groups excluding carboxylic acids is 1. The molecule has 0 fully saturated rings. The molecule has 0 unspecified atom stereocenters. The van der Waals surface area contributed by atoms with E-state index in [1.807, 2.05) is 48.5 Å². The Labute approximate surface area is 192 Å². The Morgan fingerprint density at radius 3 is 2.50 bits per heavy atom. The summed E-state index contributed by atoms with van der Waals surface area (Å²) in [6, 6.07) is 26.5. The monoisotopic (exact) mass is 442 g/mol. The highest BCUT2D eigenvalue weighted by atomic mass is 32.2. The van der Waals surface area contributed by atoms with Crippen molar-refractivity contribution in [2.45, 2.75) is 31.5 Å². The van der Waals surface area contributed by atoms with Crippen LogP contribution in [0.2, 0.25) is 0 Å². The Bertz CT molecular complexity index is 1210. The van der Waals surface area contributed by atoms with Gasteiger partial charge in [0.05, 0.1) is 29.5 Å². The van der Waals surface area contributed by atoms with Crippen molar-refractivity contribution in [2.75, 3.05) is 5.75 Å². The first kappa shape index (κ1) is 21.8. The summed E-state index contributed by atoms with van der Waals surface area (Å²) in [7, 11) is 0. The molecule has 4 aromatic rings. The van der Waals surface area contributed by atoms with Gasteiger partial charge in [0.2, 0.25) is 0 Å². The van der Waals surface area contributed by atoms with Gasteiger partial charge in [-0.15, -0.1) is 0 Å². The number of benzene rings is 3. The highest BCUT2D eigenvalue weighted by Crippen LogP contribution is 2.25. The predicted molar refractivity (Wildman–Crippen MR) is 132 cm³/mol. The van der Waals surface area contributed by atoms with Crippen LogP contribution in [0.15, 0.2) is 89.1 Å². The molecule has 0 aliphatic rings. The van der Waals surface area contributed by atoms with Crippen molar-refractivity contribution in [1.29, 1.82) is 0 Å². The molecule has 1 heterocycles. The third-order valence-corrected chi connectivity index (χ3v) is 6.12. The van der Waals surface area contributed by atoms with Crippen LogP contribution < -0.4 is 5.43 Å². The summed E-state index contributed by atoms with van der Waals surface area (Å²) < 4.78 is 2.15. The van der Waals surface area contributed by atoms with Crippen molar-refractivity contribution in [2.24, 2.45) is 5.10 Å². The van der Waals surface area contributed by atoms with Crippen LogP contribution in [0, 0.1) is 0 Å². The second-order valence-corrected chi connectivity index (χ2v) is 8.80. The van der Waals surface area contributed by atoms with Gasteiger partial charge < -0.3 is 4.57 Å². The fourth-order valence-corrected chi connectivity index (χ4v) is 4.20. The van der Waals surface area contributed by atoms with Crippen LogP contribution in [0.1, 0.15) is 36.5 Å². The lowest BCUT2D eigenvalue weighted by Crippen LogP contribution is -2.20. The number of fused-ring (bicyclic) bond motifs is 1. The number of para-hydroxylation sites is 2. The van der Waals surface area contributed by atoms with Crippen LogP contribution in [0.3, 0.4) is 0 Å². The van der Waals surface area contributed by atoms with Crippen molar-refractivity contribution < 1.29 is 4.79 Å². The van der Waals surface area contributed by atoms with Gasteiger partial charge >= 0.3 is 0 Å². The Balaban J connectivity index is 1.40. The molecule has 6 heteroatoms. The second kappa shape index (κ2) is 10.3. The Kier molecular flexibility index (Phi) is 7.02. The molecule has 0 saturated heterocycles. The van der Waals surface area contributed by atoms with Crippen LogP contribution in [-0.2, 0) is 11.3 Å². The van der Waals surface area contributed by atoms with Gasteiger partial charge in [-0.1, -0.05) is 92.3 Å². The zero-order valence-electron chi connectivity index (χ0n) is 18.2. The number of nitrogens with one attached hydrogen (secondary N) is 1. The zero-order valence-corrected chi connectivity index (χ0v) is 19.0. The normalized spacial score (nSPS) is 11.5. The first-order chi connectivity index (χ1) is 15.6. The summed E-state index contributed by atoms with van der Waals surface area (Å²) in [5, 5.41) is 4.91. The molecule has 1 amide bonds. The van der Waals surface area contributed by atoms with Crippen molar-refractivity contribution >= 4 is 34.9 Å². The Hall–Kier alpha value is -3.38. The van der Waals surface area contributed by atoms with Gasteiger partial charge in [0, 0.05) is 0 Å². The third-order valence-electron chi connectivity index (χ3n) is 5.14. The molecule has 0 saturated carbocycles. The van der Waals surface area contributed by atoms with E-state index in [-0.39, 0.29) is 11.7 Å². The molecule has 1 N–H and O–H groups in total. The molecule has 1 aromatic heterocycles. The molecule has 0 atom stereocenters. The van der Waals surface area contributed by atoms with Gasteiger partial charge in [0.1, 0.15) is 0 Å². The fourth-order valence-electron chi connectivity index (χ4n) is 3.39. The predicted octanol–water partition coefficient (Wildman–Crippen LogP) is 5.45. The largest absolute Gasteiger partial charge is 0.314 e. The standard InChI is InChI=1S/C26H26N4OS/c1-19(2)22-14-12-20(13-15-22)16-27-29-25(31)18-32-26-28-23-10-6-7-11-24(23)30(26)17-21-8-4-3-5-9-21/h3-16,19H,17-18H2,1-2H3,(H,29,31)/b27-16+. The average molecular weight is 443 g/mol. The lowest BCUT2D eigenvalue weighted by atomic mass is 10.0. The number of carbonyl (C=O) groups is 1. The minimum atomic E-state index is -0.164. The van der Waals surface area contributed by atoms with Gasteiger partial charge in [0.15, 0.2) is 5.16 Å². The summed E-state index contributed by atoms with van der Waals surface area (Å²) in [5.74, 6) is 0.564. The van der Waals surface area contributed by atoms with Crippen molar-refractivity contribution in [3.05, 3.63) is 95.6 Å². The number of hydrogen-bond donors (Lipinski definition) is 1. The SMILES string of the molecule is CC(C)c1ccc(/C=N/NC(=O)CSc2nc3ccccc3n2Cc2ccccc2)cc1. The van der Waals surface area contributed by atoms with Crippen molar-refractivity contribution in [3.63, 3.8) is 0 Å². The zero-order chi connectivity index (χ0) is 22.3. The van der Waals surface area contributed by atoms with Crippen molar-refractivity contribution in [3.8, 4) is 0 Å².